The number of benzene rings is 1. The summed E-state index contributed by atoms with van der Waals surface area (Å²) in [7, 11) is 0.322. The zero-order valence-corrected chi connectivity index (χ0v) is 14.9. The van der Waals surface area contributed by atoms with Gasteiger partial charge < -0.3 is 10.1 Å². The number of aryl methyl sites for hydroxylation is 2. The fourth-order valence-corrected chi connectivity index (χ4v) is 3.15. The van der Waals surface area contributed by atoms with Gasteiger partial charge in [0, 0.05) is 25.9 Å². The van der Waals surface area contributed by atoms with Crippen molar-refractivity contribution in [2.75, 3.05) is 13.4 Å². The van der Waals surface area contributed by atoms with Crippen molar-refractivity contribution in [3.8, 4) is 5.88 Å². The van der Waals surface area contributed by atoms with Gasteiger partial charge in [-0.2, -0.15) is 5.10 Å². The first kappa shape index (κ1) is 17.5. The highest BCUT2D eigenvalue weighted by atomic mass is 32.2. The number of nitrogens with one attached hydrogen (secondary N) is 1. The van der Waals surface area contributed by atoms with Gasteiger partial charge in [0.15, 0.2) is 9.84 Å². The largest absolute Gasteiger partial charge is 0.481 e. The van der Waals surface area contributed by atoms with Crippen molar-refractivity contribution < 1.29 is 13.2 Å². The van der Waals surface area contributed by atoms with E-state index in [9.17, 15) is 8.42 Å². The lowest BCUT2D eigenvalue weighted by molar-refractivity contribution is 0.367. The molecule has 126 valence electrons. The second-order valence-corrected chi connectivity index (χ2v) is 7.66. The minimum absolute atomic E-state index is 0.0768. The third-order valence-corrected chi connectivity index (χ3v) is 5.00. The second kappa shape index (κ2) is 6.72. The molecule has 1 aromatic heterocycles. The quantitative estimate of drug-likeness (QED) is 0.873. The molecule has 0 aliphatic heterocycles. The van der Waals surface area contributed by atoms with Gasteiger partial charge in [-0.15, -0.1) is 0 Å². The van der Waals surface area contributed by atoms with Gasteiger partial charge in [-0.3, -0.25) is 0 Å². The second-order valence-electron chi connectivity index (χ2n) is 5.64. The Morgan fingerprint density at radius 2 is 1.91 bits per heavy atom. The molecule has 7 heteroatoms. The van der Waals surface area contributed by atoms with E-state index in [2.05, 4.69) is 10.4 Å². The Morgan fingerprint density at radius 3 is 2.43 bits per heavy atom. The van der Waals surface area contributed by atoms with Crippen molar-refractivity contribution in [3.05, 3.63) is 41.1 Å². The van der Waals surface area contributed by atoms with Crippen LogP contribution in [0, 0.1) is 6.92 Å². The van der Waals surface area contributed by atoms with E-state index >= 15 is 0 Å². The van der Waals surface area contributed by atoms with Crippen LogP contribution in [0.1, 0.15) is 29.8 Å². The predicted octanol–water partition coefficient (Wildman–Crippen LogP) is 1.99. The fourth-order valence-electron chi connectivity index (χ4n) is 2.52. The topological polar surface area (TPSA) is 73.2 Å². The van der Waals surface area contributed by atoms with E-state index in [-0.39, 0.29) is 6.04 Å². The molecule has 0 saturated heterocycles. The molecule has 1 heterocycles. The molecule has 0 aliphatic rings. The van der Waals surface area contributed by atoms with Crippen molar-refractivity contribution >= 4 is 9.84 Å². The summed E-state index contributed by atoms with van der Waals surface area (Å²) in [6, 6.07) is 7.02. The molecule has 1 atom stereocenters. The summed E-state index contributed by atoms with van der Waals surface area (Å²) < 4.78 is 30.1. The number of methoxy groups -OCH3 is 1. The molecule has 0 amide bonds. The van der Waals surface area contributed by atoms with Crippen LogP contribution in [0.3, 0.4) is 0 Å². The van der Waals surface area contributed by atoms with E-state index in [4.69, 9.17) is 4.74 Å². The fraction of sp³-hybridized carbons (Fsp3) is 0.438. The summed E-state index contributed by atoms with van der Waals surface area (Å²) in [5, 5.41) is 7.78. The van der Waals surface area contributed by atoms with Crippen LogP contribution in [0.4, 0.5) is 0 Å². The molecule has 0 aliphatic carbocycles. The highest BCUT2D eigenvalue weighted by Gasteiger charge is 2.15. The Labute approximate surface area is 137 Å². The predicted molar refractivity (Wildman–Crippen MR) is 89.3 cm³/mol. The van der Waals surface area contributed by atoms with E-state index in [0.29, 0.717) is 11.4 Å². The summed E-state index contributed by atoms with van der Waals surface area (Å²) in [5.41, 5.74) is 2.98. The zero-order chi connectivity index (χ0) is 17.2. The molecule has 2 aromatic rings. The average Bonchev–Trinajstić information content (AvgIpc) is 2.77. The Balaban J connectivity index is 2.10. The summed E-state index contributed by atoms with van der Waals surface area (Å²) in [6.07, 6.45) is 1.21. The molecule has 2 rings (SSSR count). The molecule has 1 aromatic carbocycles. The first-order chi connectivity index (χ1) is 10.7. The monoisotopic (exact) mass is 337 g/mol. The first-order valence-electron chi connectivity index (χ1n) is 7.34. The highest BCUT2D eigenvalue weighted by Crippen LogP contribution is 2.22. The van der Waals surface area contributed by atoms with Crippen molar-refractivity contribution in [3.63, 3.8) is 0 Å². The molecule has 1 N–H and O–H groups in total. The third-order valence-electron chi connectivity index (χ3n) is 3.88. The molecular formula is C16H23N3O3S. The third kappa shape index (κ3) is 3.92. The molecule has 0 saturated carbocycles. The van der Waals surface area contributed by atoms with Crippen LogP contribution >= 0.6 is 0 Å². The Morgan fingerprint density at radius 1 is 1.30 bits per heavy atom. The molecule has 23 heavy (non-hydrogen) atoms. The van der Waals surface area contributed by atoms with E-state index in [0.717, 1.165) is 22.7 Å². The maximum absolute atomic E-state index is 11.5. The van der Waals surface area contributed by atoms with Crippen molar-refractivity contribution in [2.45, 2.75) is 31.3 Å². The van der Waals surface area contributed by atoms with Crippen LogP contribution in [-0.2, 0) is 23.4 Å². The van der Waals surface area contributed by atoms with Gasteiger partial charge in [0.1, 0.15) is 0 Å². The number of rotatable bonds is 6. The van der Waals surface area contributed by atoms with E-state index in [1.54, 1.807) is 23.9 Å². The molecule has 0 fully saturated rings. The highest BCUT2D eigenvalue weighted by molar-refractivity contribution is 7.90. The van der Waals surface area contributed by atoms with Gasteiger partial charge in [-0.05, 0) is 31.5 Å². The maximum atomic E-state index is 11.5. The Kier molecular flexibility index (Phi) is 5.11. The Bertz CT molecular complexity index is 780. The number of hydrogen-bond donors (Lipinski definition) is 1. The van der Waals surface area contributed by atoms with Gasteiger partial charge in [0.25, 0.3) is 0 Å². The van der Waals surface area contributed by atoms with Crippen molar-refractivity contribution in [2.24, 2.45) is 7.05 Å². The number of nitrogens with zero attached hydrogens (tertiary/aromatic N) is 2. The SMILES string of the molecule is COc1c(CNC(C)c2ccc(S(C)(=O)=O)cc2)c(C)nn1C. The standard InChI is InChI=1S/C16H23N3O3S/c1-11(13-6-8-14(9-7-13)23(5,20)21)17-10-15-12(2)18-19(3)16(15)22-4/h6-9,11,17H,10H2,1-5H3. The van der Waals surface area contributed by atoms with Gasteiger partial charge >= 0.3 is 0 Å². The van der Waals surface area contributed by atoms with Crippen LogP contribution < -0.4 is 10.1 Å². The minimum Gasteiger partial charge on any atom is -0.481 e. The molecule has 0 bridgehead atoms. The lowest BCUT2D eigenvalue weighted by Gasteiger charge is -2.15. The number of ether oxygens (including phenoxy) is 1. The summed E-state index contributed by atoms with van der Waals surface area (Å²) in [4.78, 5) is 0.332. The number of aromatic nitrogens is 2. The average molecular weight is 337 g/mol. The van der Waals surface area contributed by atoms with Crippen molar-refractivity contribution in [1.82, 2.24) is 15.1 Å². The van der Waals surface area contributed by atoms with Gasteiger partial charge in [-0.1, -0.05) is 12.1 Å². The Hall–Kier alpha value is -1.86. The molecular weight excluding hydrogens is 314 g/mol. The van der Waals surface area contributed by atoms with E-state index in [1.807, 2.05) is 33.0 Å². The maximum Gasteiger partial charge on any atom is 0.216 e. The van der Waals surface area contributed by atoms with Crippen LogP contribution in [0.15, 0.2) is 29.2 Å². The molecule has 1 unspecified atom stereocenters. The van der Waals surface area contributed by atoms with Crippen LogP contribution in [-0.4, -0.2) is 31.6 Å². The van der Waals surface area contributed by atoms with Crippen LogP contribution in [0.25, 0.3) is 0 Å². The lowest BCUT2D eigenvalue weighted by atomic mass is 10.1. The molecule has 6 nitrogen and oxygen atoms in total. The van der Waals surface area contributed by atoms with Crippen molar-refractivity contribution in [1.29, 1.82) is 0 Å². The van der Waals surface area contributed by atoms with Gasteiger partial charge in [0.05, 0.1) is 23.3 Å². The normalized spacial score (nSPS) is 13.1. The number of hydrogen-bond acceptors (Lipinski definition) is 5. The van der Waals surface area contributed by atoms with E-state index in [1.165, 1.54) is 6.26 Å². The summed E-state index contributed by atoms with van der Waals surface area (Å²) in [5.74, 6) is 0.745. The van der Waals surface area contributed by atoms with Gasteiger partial charge in [-0.25, -0.2) is 13.1 Å². The molecule has 0 radical (unpaired) electrons. The molecule has 0 spiro atoms. The summed E-state index contributed by atoms with van der Waals surface area (Å²) >= 11 is 0. The first-order valence-corrected chi connectivity index (χ1v) is 9.23. The van der Waals surface area contributed by atoms with E-state index < -0.39 is 9.84 Å². The number of sulfone groups is 1. The smallest absolute Gasteiger partial charge is 0.216 e. The minimum atomic E-state index is -3.16. The summed E-state index contributed by atoms with van der Waals surface area (Å²) in [6.45, 7) is 4.61. The van der Waals surface area contributed by atoms with Crippen LogP contribution in [0.5, 0.6) is 5.88 Å². The zero-order valence-electron chi connectivity index (χ0n) is 14.1. The van der Waals surface area contributed by atoms with Crippen LogP contribution in [0.2, 0.25) is 0 Å². The lowest BCUT2D eigenvalue weighted by Crippen LogP contribution is -2.19. The van der Waals surface area contributed by atoms with Gasteiger partial charge in [0.2, 0.25) is 5.88 Å².